The summed E-state index contributed by atoms with van der Waals surface area (Å²) in [4.78, 5) is 15.1. The summed E-state index contributed by atoms with van der Waals surface area (Å²) in [6.07, 6.45) is 2.18. The van der Waals surface area contributed by atoms with E-state index in [-0.39, 0.29) is 12.6 Å². The summed E-state index contributed by atoms with van der Waals surface area (Å²) in [6.45, 7) is 5.10. The zero-order chi connectivity index (χ0) is 9.68. The minimum Gasteiger partial charge on any atom is -0.395 e. The summed E-state index contributed by atoms with van der Waals surface area (Å²) in [5.74, 6) is 0. The van der Waals surface area contributed by atoms with E-state index >= 15 is 0 Å². The Labute approximate surface area is 79.1 Å². The molecule has 0 aromatic rings. The first-order valence-corrected chi connectivity index (χ1v) is 4.94. The number of hydrogen-bond donors (Lipinski definition) is 1. The molecule has 4 heteroatoms. The van der Waals surface area contributed by atoms with Crippen molar-refractivity contribution in [2.75, 3.05) is 32.8 Å². The number of aliphatic hydroxyl groups excluding tert-OH is 1. The second kappa shape index (κ2) is 5.07. The Morgan fingerprint density at radius 3 is 2.46 bits per heavy atom. The SMILES string of the molecule is CCCCN1CCN(CCO)C1=O. The molecule has 0 spiro atoms. The number of unbranched alkanes of at least 4 members (excludes halogenated alkanes) is 1. The molecule has 1 aliphatic heterocycles. The van der Waals surface area contributed by atoms with Crippen LogP contribution in [0.15, 0.2) is 0 Å². The second-order valence-electron chi connectivity index (χ2n) is 3.33. The molecule has 0 unspecified atom stereocenters. The fourth-order valence-corrected chi connectivity index (χ4v) is 1.52. The van der Waals surface area contributed by atoms with Gasteiger partial charge in [0, 0.05) is 26.2 Å². The largest absolute Gasteiger partial charge is 0.395 e. The van der Waals surface area contributed by atoms with Gasteiger partial charge < -0.3 is 14.9 Å². The van der Waals surface area contributed by atoms with Gasteiger partial charge in [0.05, 0.1) is 6.61 Å². The molecule has 0 bridgehead atoms. The van der Waals surface area contributed by atoms with Gasteiger partial charge >= 0.3 is 6.03 Å². The number of rotatable bonds is 5. The molecule has 1 heterocycles. The number of carbonyl (C=O) groups excluding carboxylic acids is 1. The third-order valence-corrected chi connectivity index (χ3v) is 2.33. The van der Waals surface area contributed by atoms with Crippen LogP contribution in [0.1, 0.15) is 19.8 Å². The van der Waals surface area contributed by atoms with Crippen LogP contribution in [0.4, 0.5) is 4.79 Å². The van der Waals surface area contributed by atoms with Crippen LogP contribution in [-0.4, -0.2) is 53.7 Å². The first-order chi connectivity index (χ1) is 6.29. The van der Waals surface area contributed by atoms with E-state index in [1.54, 1.807) is 4.90 Å². The Kier molecular flexibility index (Phi) is 4.02. The van der Waals surface area contributed by atoms with E-state index in [1.807, 2.05) is 4.90 Å². The molecule has 0 aromatic heterocycles. The van der Waals surface area contributed by atoms with Gasteiger partial charge in [0.2, 0.25) is 0 Å². The van der Waals surface area contributed by atoms with Gasteiger partial charge in [0.1, 0.15) is 0 Å². The highest BCUT2D eigenvalue weighted by Gasteiger charge is 2.26. The number of urea groups is 1. The predicted molar refractivity (Wildman–Crippen MR) is 50.5 cm³/mol. The molecule has 1 saturated heterocycles. The molecular weight excluding hydrogens is 168 g/mol. The van der Waals surface area contributed by atoms with Gasteiger partial charge in [-0.1, -0.05) is 13.3 Å². The molecule has 0 radical (unpaired) electrons. The molecule has 0 aliphatic carbocycles. The maximum atomic E-state index is 11.5. The lowest BCUT2D eigenvalue weighted by atomic mass is 10.3. The summed E-state index contributed by atoms with van der Waals surface area (Å²) in [5.41, 5.74) is 0. The van der Waals surface area contributed by atoms with Crippen LogP contribution >= 0.6 is 0 Å². The van der Waals surface area contributed by atoms with Crippen LogP contribution in [0, 0.1) is 0 Å². The van der Waals surface area contributed by atoms with Gasteiger partial charge in [0.25, 0.3) is 0 Å². The summed E-state index contributed by atoms with van der Waals surface area (Å²) in [5, 5.41) is 8.69. The third-order valence-electron chi connectivity index (χ3n) is 2.33. The van der Waals surface area contributed by atoms with Crippen molar-refractivity contribution in [3.8, 4) is 0 Å². The van der Waals surface area contributed by atoms with Crippen molar-refractivity contribution >= 4 is 6.03 Å². The standard InChI is InChI=1S/C9H18N2O2/c1-2-3-4-10-5-6-11(7-8-12)9(10)13/h12H,2-8H2,1H3. The van der Waals surface area contributed by atoms with Crippen molar-refractivity contribution in [3.63, 3.8) is 0 Å². The first-order valence-electron chi connectivity index (χ1n) is 4.94. The number of hydrogen-bond acceptors (Lipinski definition) is 2. The fourth-order valence-electron chi connectivity index (χ4n) is 1.52. The van der Waals surface area contributed by atoms with Crippen LogP contribution in [0.5, 0.6) is 0 Å². The van der Waals surface area contributed by atoms with E-state index in [4.69, 9.17) is 5.11 Å². The van der Waals surface area contributed by atoms with Gasteiger partial charge in [-0.05, 0) is 6.42 Å². The minimum atomic E-state index is 0.0629. The van der Waals surface area contributed by atoms with Crippen LogP contribution in [0.3, 0.4) is 0 Å². The molecule has 1 aliphatic rings. The second-order valence-corrected chi connectivity index (χ2v) is 3.33. The van der Waals surface area contributed by atoms with Gasteiger partial charge in [-0.2, -0.15) is 0 Å². The summed E-state index contributed by atoms with van der Waals surface area (Å²) < 4.78 is 0. The highest BCUT2D eigenvalue weighted by molar-refractivity contribution is 5.76. The Bertz CT molecular complexity index is 173. The topological polar surface area (TPSA) is 43.8 Å². The molecule has 76 valence electrons. The molecular formula is C9H18N2O2. The average Bonchev–Trinajstić information content (AvgIpc) is 2.46. The Balaban J connectivity index is 2.32. The molecule has 1 fully saturated rings. The zero-order valence-corrected chi connectivity index (χ0v) is 8.20. The van der Waals surface area contributed by atoms with Crippen molar-refractivity contribution in [1.82, 2.24) is 9.80 Å². The van der Waals surface area contributed by atoms with Gasteiger partial charge in [-0.3, -0.25) is 0 Å². The average molecular weight is 186 g/mol. The predicted octanol–water partition coefficient (Wildman–Crippen LogP) is 0.516. The van der Waals surface area contributed by atoms with Crippen molar-refractivity contribution in [2.45, 2.75) is 19.8 Å². The molecule has 0 aromatic carbocycles. The van der Waals surface area contributed by atoms with Crippen LogP contribution in [-0.2, 0) is 0 Å². The quantitative estimate of drug-likeness (QED) is 0.680. The molecule has 0 saturated carbocycles. The fraction of sp³-hybridized carbons (Fsp3) is 0.889. The monoisotopic (exact) mass is 186 g/mol. The molecule has 2 amide bonds. The van der Waals surface area contributed by atoms with Crippen molar-refractivity contribution in [1.29, 1.82) is 0 Å². The van der Waals surface area contributed by atoms with Crippen molar-refractivity contribution in [3.05, 3.63) is 0 Å². The summed E-state index contributed by atoms with van der Waals surface area (Å²) >= 11 is 0. The molecule has 4 nitrogen and oxygen atoms in total. The molecule has 1 rings (SSSR count). The normalized spacial score (nSPS) is 17.2. The van der Waals surface area contributed by atoms with E-state index in [9.17, 15) is 4.79 Å². The Morgan fingerprint density at radius 2 is 1.92 bits per heavy atom. The lowest BCUT2D eigenvalue weighted by Crippen LogP contribution is -2.34. The molecule has 1 N–H and O–H groups in total. The highest BCUT2D eigenvalue weighted by Crippen LogP contribution is 2.08. The van der Waals surface area contributed by atoms with Crippen molar-refractivity contribution in [2.24, 2.45) is 0 Å². The van der Waals surface area contributed by atoms with E-state index in [2.05, 4.69) is 6.92 Å². The zero-order valence-electron chi connectivity index (χ0n) is 8.20. The summed E-state index contributed by atoms with van der Waals surface area (Å²) in [7, 11) is 0. The van der Waals surface area contributed by atoms with E-state index < -0.39 is 0 Å². The van der Waals surface area contributed by atoms with Gasteiger partial charge in [-0.15, -0.1) is 0 Å². The lowest BCUT2D eigenvalue weighted by Gasteiger charge is -2.17. The number of amides is 2. The number of β-amino-alcohol motifs (C(OH)–C–C–N with tert-alkyl or cyclic N) is 1. The van der Waals surface area contributed by atoms with Crippen molar-refractivity contribution < 1.29 is 9.90 Å². The smallest absolute Gasteiger partial charge is 0.320 e. The number of nitrogens with zero attached hydrogens (tertiary/aromatic N) is 2. The number of carbonyl (C=O) groups is 1. The van der Waals surface area contributed by atoms with Crippen LogP contribution in [0.2, 0.25) is 0 Å². The van der Waals surface area contributed by atoms with E-state index in [1.165, 1.54) is 0 Å². The first kappa shape index (κ1) is 10.3. The van der Waals surface area contributed by atoms with Gasteiger partial charge in [0.15, 0.2) is 0 Å². The minimum absolute atomic E-state index is 0.0629. The van der Waals surface area contributed by atoms with E-state index in [0.29, 0.717) is 6.54 Å². The maximum Gasteiger partial charge on any atom is 0.320 e. The Morgan fingerprint density at radius 1 is 1.31 bits per heavy atom. The van der Waals surface area contributed by atoms with Crippen LogP contribution < -0.4 is 0 Å². The van der Waals surface area contributed by atoms with Gasteiger partial charge in [-0.25, -0.2) is 4.79 Å². The van der Waals surface area contributed by atoms with Crippen LogP contribution in [0.25, 0.3) is 0 Å². The molecule has 13 heavy (non-hydrogen) atoms. The molecule has 0 atom stereocenters. The third kappa shape index (κ3) is 2.59. The highest BCUT2D eigenvalue weighted by atomic mass is 16.3. The lowest BCUT2D eigenvalue weighted by molar-refractivity contribution is 0.178. The Hall–Kier alpha value is -0.770. The summed E-state index contributed by atoms with van der Waals surface area (Å²) in [6, 6.07) is 0.0856. The maximum absolute atomic E-state index is 11.5. The number of aliphatic hydroxyl groups is 1. The van der Waals surface area contributed by atoms with E-state index in [0.717, 1.165) is 32.5 Å².